The highest BCUT2D eigenvalue weighted by molar-refractivity contribution is 5.98. The molecule has 2 amide bonds. The number of aromatic nitrogens is 1. The van der Waals surface area contributed by atoms with Crippen LogP contribution < -0.4 is 10.2 Å². The lowest BCUT2D eigenvalue weighted by atomic mass is 10.2. The Hall–Kier alpha value is -3.07. The van der Waals surface area contributed by atoms with E-state index in [1.165, 1.54) is 11.0 Å². The molecule has 0 aliphatic carbocycles. The van der Waals surface area contributed by atoms with Crippen LogP contribution in [0.4, 0.5) is 20.2 Å². The number of para-hydroxylation sites is 1. The van der Waals surface area contributed by atoms with Gasteiger partial charge in [0.15, 0.2) is 0 Å². The Kier molecular flexibility index (Phi) is 6.71. The van der Waals surface area contributed by atoms with Crippen LogP contribution in [0.3, 0.4) is 0 Å². The standard InChI is InChI=1S/C20H22F2N4O3/c1-2-25(13-18(27)24-19-15(21)4-3-5-16(19)22)20(28)17-12-14(6-7-23-17)26-8-10-29-11-9-26/h3-7,12H,2,8-11,13H2,1H3,(H,24,27). The first kappa shape index (κ1) is 20.7. The molecule has 0 bridgehead atoms. The zero-order chi connectivity index (χ0) is 20.8. The summed E-state index contributed by atoms with van der Waals surface area (Å²) < 4.78 is 32.8. The second kappa shape index (κ2) is 9.42. The summed E-state index contributed by atoms with van der Waals surface area (Å²) in [6.07, 6.45) is 1.54. The van der Waals surface area contributed by atoms with Crippen LogP contribution in [0.5, 0.6) is 0 Å². The minimum absolute atomic E-state index is 0.195. The minimum atomic E-state index is -0.882. The molecule has 0 radical (unpaired) electrons. The maximum atomic E-state index is 13.7. The number of pyridine rings is 1. The Balaban J connectivity index is 1.69. The third kappa shape index (κ3) is 5.05. The largest absolute Gasteiger partial charge is 0.378 e. The SMILES string of the molecule is CCN(CC(=O)Nc1c(F)cccc1F)C(=O)c1cc(N2CCOCC2)ccn1. The zero-order valence-corrected chi connectivity index (χ0v) is 16.0. The lowest BCUT2D eigenvalue weighted by molar-refractivity contribution is -0.116. The molecule has 0 atom stereocenters. The number of nitrogens with zero attached hydrogens (tertiary/aromatic N) is 3. The molecule has 9 heteroatoms. The van der Waals surface area contributed by atoms with Crippen LogP contribution in [-0.2, 0) is 9.53 Å². The Morgan fingerprint density at radius 2 is 1.90 bits per heavy atom. The lowest BCUT2D eigenvalue weighted by Gasteiger charge is -2.29. The summed E-state index contributed by atoms with van der Waals surface area (Å²) in [5.74, 6) is -2.90. The second-order valence-corrected chi connectivity index (χ2v) is 6.46. The van der Waals surface area contributed by atoms with Crippen molar-refractivity contribution in [3.63, 3.8) is 0 Å². The lowest BCUT2D eigenvalue weighted by Crippen LogP contribution is -2.39. The average molecular weight is 404 g/mol. The summed E-state index contributed by atoms with van der Waals surface area (Å²) in [4.78, 5) is 32.6. The van der Waals surface area contributed by atoms with E-state index in [2.05, 4.69) is 15.2 Å². The number of rotatable bonds is 6. The molecule has 2 aromatic rings. The first-order valence-electron chi connectivity index (χ1n) is 9.31. The molecular formula is C20H22F2N4O3. The molecule has 154 valence electrons. The zero-order valence-electron chi connectivity index (χ0n) is 16.0. The Bertz CT molecular complexity index is 868. The van der Waals surface area contributed by atoms with Crippen molar-refractivity contribution in [3.05, 3.63) is 53.9 Å². The number of morpholine rings is 1. The molecule has 1 N–H and O–H groups in total. The number of hydrogen-bond acceptors (Lipinski definition) is 5. The molecule has 0 saturated carbocycles. The van der Waals surface area contributed by atoms with Gasteiger partial charge in [0.05, 0.1) is 13.2 Å². The van der Waals surface area contributed by atoms with E-state index < -0.39 is 29.1 Å². The number of anilines is 2. The van der Waals surface area contributed by atoms with Crippen LogP contribution in [0.1, 0.15) is 17.4 Å². The molecule has 3 rings (SSSR count). The van der Waals surface area contributed by atoms with Crippen LogP contribution in [-0.4, -0.2) is 61.1 Å². The monoisotopic (exact) mass is 404 g/mol. The van der Waals surface area contributed by atoms with Gasteiger partial charge in [-0.1, -0.05) is 6.07 Å². The van der Waals surface area contributed by atoms with Crippen LogP contribution in [0.15, 0.2) is 36.5 Å². The van der Waals surface area contributed by atoms with Crippen molar-refractivity contribution in [2.24, 2.45) is 0 Å². The summed E-state index contributed by atoms with van der Waals surface area (Å²) in [7, 11) is 0. The average Bonchev–Trinajstić information content (AvgIpc) is 2.75. The maximum Gasteiger partial charge on any atom is 0.272 e. The molecule has 7 nitrogen and oxygen atoms in total. The number of nitrogens with one attached hydrogen (secondary N) is 1. The van der Waals surface area contributed by atoms with Gasteiger partial charge in [-0.05, 0) is 31.2 Å². The summed E-state index contributed by atoms with van der Waals surface area (Å²) in [5.41, 5.74) is 0.509. The number of carbonyl (C=O) groups is 2. The smallest absolute Gasteiger partial charge is 0.272 e. The van der Waals surface area contributed by atoms with Crippen molar-refractivity contribution in [2.75, 3.05) is 49.6 Å². The number of benzene rings is 1. The number of carbonyl (C=O) groups excluding carboxylic acids is 2. The van der Waals surface area contributed by atoms with Gasteiger partial charge in [0.2, 0.25) is 5.91 Å². The predicted molar refractivity (Wildman–Crippen MR) is 104 cm³/mol. The fourth-order valence-electron chi connectivity index (χ4n) is 3.01. The van der Waals surface area contributed by atoms with Crippen molar-refractivity contribution in [1.29, 1.82) is 0 Å². The number of amides is 2. The maximum absolute atomic E-state index is 13.7. The fourth-order valence-corrected chi connectivity index (χ4v) is 3.01. The quantitative estimate of drug-likeness (QED) is 0.800. The summed E-state index contributed by atoms with van der Waals surface area (Å²) >= 11 is 0. The van der Waals surface area contributed by atoms with Crippen molar-refractivity contribution >= 4 is 23.2 Å². The van der Waals surface area contributed by atoms with E-state index in [4.69, 9.17) is 4.74 Å². The van der Waals surface area contributed by atoms with Crippen molar-refractivity contribution in [2.45, 2.75) is 6.92 Å². The minimum Gasteiger partial charge on any atom is -0.378 e. The van der Waals surface area contributed by atoms with E-state index >= 15 is 0 Å². The number of hydrogen-bond donors (Lipinski definition) is 1. The summed E-state index contributed by atoms with van der Waals surface area (Å²) in [5, 5.41) is 2.19. The third-order valence-corrected chi connectivity index (χ3v) is 4.57. The molecule has 1 aromatic heterocycles. The van der Waals surface area contributed by atoms with Gasteiger partial charge in [-0.15, -0.1) is 0 Å². The van der Waals surface area contributed by atoms with Gasteiger partial charge in [-0.3, -0.25) is 14.6 Å². The fraction of sp³-hybridized carbons (Fsp3) is 0.350. The van der Waals surface area contributed by atoms with Crippen LogP contribution in [0.25, 0.3) is 0 Å². The van der Waals surface area contributed by atoms with Gasteiger partial charge >= 0.3 is 0 Å². The highest BCUT2D eigenvalue weighted by Crippen LogP contribution is 2.19. The summed E-state index contributed by atoms with van der Waals surface area (Å²) in [6.45, 7) is 4.24. The van der Waals surface area contributed by atoms with E-state index in [9.17, 15) is 18.4 Å². The van der Waals surface area contributed by atoms with Gasteiger partial charge in [0.1, 0.15) is 29.6 Å². The first-order chi connectivity index (χ1) is 14.0. The molecule has 2 heterocycles. The summed E-state index contributed by atoms with van der Waals surface area (Å²) in [6, 6.07) is 6.77. The molecule has 0 unspecified atom stereocenters. The van der Waals surface area contributed by atoms with Gasteiger partial charge in [0, 0.05) is 31.5 Å². The van der Waals surface area contributed by atoms with E-state index in [0.29, 0.717) is 26.3 Å². The molecular weight excluding hydrogens is 382 g/mol. The Morgan fingerprint density at radius 3 is 2.55 bits per heavy atom. The van der Waals surface area contributed by atoms with Gasteiger partial charge in [0.25, 0.3) is 5.91 Å². The third-order valence-electron chi connectivity index (χ3n) is 4.57. The van der Waals surface area contributed by atoms with E-state index in [-0.39, 0.29) is 18.8 Å². The van der Waals surface area contributed by atoms with Gasteiger partial charge in [-0.25, -0.2) is 8.78 Å². The topological polar surface area (TPSA) is 74.8 Å². The van der Waals surface area contributed by atoms with Crippen molar-refractivity contribution in [3.8, 4) is 0 Å². The number of ether oxygens (including phenoxy) is 1. The van der Waals surface area contributed by atoms with E-state index in [1.807, 2.05) is 6.07 Å². The number of likely N-dealkylation sites (N-methyl/N-ethyl adjacent to an activating group) is 1. The van der Waals surface area contributed by atoms with Crippen LogP contribution in [0.2, 0.25) is 0 Å². The molecule has 1 fully saturated rings. The second-order valence-electron chi connectivity index (χ2n) is 6.46. The Morgan fingerprint density at radius 1 is 1.21 bits per heavy atom. The van der Waals surface area contributed by atoms with E-state index in [1.54, 1.807) is 19.2 Å². The van der Waals surface area contributed by atoms with Crippen molar-refractivity contribution < 1.29 is 23.1 Å². The molecule has 1 aliphatic heterocycles. The Labute approximate surface area is 167 Å². The molecule has 0 spiro atoms. The highest BCUT2D eigenvalue weighted by Gasteiger charge is 2.21. The van der Waals surface area contributed by atoms with Crippen LogP contribution in [0, 0.1) is 11.6 Å². The van der Waals surface area contributed by atoms with Crippen LogP contribution >= 0.6 is 0 Å². The highest BCUT2D eigenvalue weighted by atomic mass is 19.1. The molecule has 1 aromatic carbocycles. The normalized spacial score (nSPS) is 13.8. The number of halogens is 2. The van der Waals surface area contributed by atoms with Gasteiger partial charge in [-0.2, -0.15) is 0 Å². The van der Waals surface area contributed by atoms with Crippen molar-refractivity contribution in [1.82, 2.24) is 9.88 Å². The molecule has 29 heavy (non-hydrogen) atoms. The van der Waals surface area contributed by atoms with E-state index in [0.717, 1.165) is 17.8 Å². The van der Waals surface area contributed by atoms with Gasteiger partial charge < -0.3 is 19.9 Å². The molecule has 1 aliphatic rings. The first-order valence-corrected chi connectivity index (χ1v) is 9.31. The predicted octanol–water partition coefficient (Wildman–Crippen LogP) is 2.30. The molecule has 1 saturated heterocycles.